The molecular formula is C33H29ClN4O5. The number of aromatic hydroxyl groups is 1. The predicted octanol–water partition coefficient (Wildman–Crippen LogP) is 6.30. The molecule has 1 atom stereocenters. The maximum atomic E-state index is 14.0. The number of imidazole rings is 1. The number of alkyl halides is 1. The second-order valence-electron chi connectivity index (χ2n) is 11.0. The first kappa shape index (κ1) is 28.2. The minimum absolute atomic E-state index is 0.0719. The number of benzene rings is 3. The van der Waals surface area contributed by atoms with Gasteiger partial charge in [0.1, 0.15) is 22.8 Å². The van der Waals surface area contributed by atoms with Crippen LogP contribution in [-0.4, -0.2) is 44.7 Å². The van der Waals surface area contributed by atoms with Crippen LogP contribution in [0.25, 0.3) is 16.4 Å². The van der Waals surface area contributed by atoms with Crippen LogP contribution in [0.15, 0.2) is 73.1 Å². The Morgan fingerprint density at radius 2 is 1.86 bits per heavy atom. The highest BCUT2D eigenvalue weighted by atomic mass is 35.5. The Balaban J connectivity index is 1.35. The molecule has 10 heteroatoms. The minimum Gasteiger partial charge on any atom is -0.508 e. The van der Waals surface area contributed by atoms with Gasteiger partial charge in [0.25, 0.3) is 11.8 Å². The number of hydrogen-bond acceptors (Lipinski definition) is 6. The summed E-state index contributed by atoms with van der Waals surface area (Å²) in [5, 5.41) is 14.0. The van der Waals surface area contributed by atoms with Gasteiger partial charge in [0.2, 0.25) is 0 Å². The Morgan fingerprint density at radius 1 is 1.09 bits per heavy atom. The average molecular weight is 597 g/mol. The molecule has 0 unspecified atom stereocenters. The molecule has 43 heavy (non-hydrogen) atoms. The summed E-state index contributed by atoms with van der Waals surface area (Å²) in [6.45, 7) is 5.89. The molecule has 218 valence electrons. The number of nitrogens with one attached hydrogen (secondary N) is 1. The van der Waals surface area contributed by atoms with E-state index in [0.29, 0.717) is 40.8 Å². The quantitative estimate of drug-likeness (QED) is 0.135. The summed E-state index contributed by atoms with van der Waals surface area (Å²) in [5.41, 5.74) is 4.23. The van der Waals surface area contributed by atoms with Gasteiger partial charge in [-0.2, -0.15) is 0 Å². The van der Waals surface area contributed by atoms with Gasteiger partial charge in [0, 0.05) is 47.8 Å². The molecule has 2 aromatic heterocycles. The molecule has 6 rings (SSSR count). The fourth-order valence-electron chi connectivity index (χ4n) is 5.44. The third-order valence-corrected chi connectivity index (χ3v) is 8.00. The average Bonchev–Trinajstić information content (AvgIpc) is 3.58. The van der Waals surface area contributed by atoms with Crippen LogP contribution in [0.3, 0.4) is 0 Å². The molecule has 9 nitrogen and oxygen atoms in total. The van der Waals surface area contributed by atoms with Crippen molar-refractivity contribution in [1.82, 2.24) is 9.38 Å². The van der Waals surface area contributed by atoms with E-state index < -0.39 is 0 Å². The number of fused-ring (bicyclic) bond motifs is 4. The lowest BCUT2D eigenvalue weighted by Gasteiger charge is -2.19. The number of rotatable bonds is 6. The first-order valence-corrected chi connectivity index (χ1v) is 14.4. The maximum Gasteiger partial charge on any atom is 0.313 e. The topological polar surface area (TPSA) is 113 Å². The van der Waals surface area contributed by atoms with Crippen molar-refractivity contribution in [1.29, 1.82) is 0 Å². The standard InChI is InChI=1S/C33H29ClN4O5/c1-18(2)33(42)43-27-13-26-30(29-19(3)5-4-6-24(27)29)21(14-34)15-38(26)32(41)25-17-37-16-22(9-12-28(37)36-25)35-31(40)20-7-10-23(39)11-8-20/h4-13,16-18,21,39H,14-15H2,1-3H3,(H,35,40)/t21-/m1/s1. The molecule has 0 saturated heterocycles. The van der Waals surface area contributed by atoms with Crippen molar-refractivity contribution in [3.8, 4) is 11.5 Å². The number of halogens is 1. The fourth-order valence-corrected chi connectivity index (χ4v) is 5.69. The lowest BCUT2D eigenvalue weighted by Crippen LogP contribution is -2.30. The van der Waals surface area contributed by atoms with Gasteiger partial charge >= 0.3 is 5.97 Å². The minimum atomic E-state index is -0.360. The van der Waals surface area contributed by atoms with Crippen molar-refractivity contribution >= 4 is 57.2 Å². The van der Waals surface area contributed by atoms with Gasteiger partial charge in [0.15, 0.2) is 0 Å². The monoisotopic (exact) mass is 596 g/mol. The second kappa shape index (κ2) is 11.1. The van der Waals surface area contributed by atoms with Gasteiger partial charge in [-0.05, 0) is 59.8 Å². The number of esters is 1. The number of hydrogen-bond donors (Lipinski definition) is 2. The molecule has 0 saturated carbocycles. The SMILES string of the molecule is Cc1cccc2c(OC(=O)C(C)C)cc3c(c12)[C@H](CCl)CN3C(=O)c1cn2cc(NC(=O)c3ccc(O)cc3)ccc2n1. The normalized spacial score (nSPS) is 14.3. The summed E-state index contributed by atoms with van der Waals surface area (Å²) in [6.07, 6.45) is 3.30. The van der Waals surface area contributed by atoms with Gasteiger partial charge in [-0.25, -0.2) is 4.98 Å². The van der Waals surface area contributed by atoms with Crippen LogP contribution >= 0.6 is 11.6 Å². The highest BCUT2D eigenvalue weighted by Gasteiger charge is 2.36. The summed E-state index contributed by atoms with van der Waals surface area (Å²) in [5.74, 6) is -0.694. The molecule has 0 spiro atoms. The molecule has 1 aliphatic rings. The van der Waals surface area contributed by atoms with Gasteiger partial charge in [-0.1, -0.05) is 32.0 Å². The molecule has 5 aromatic rings. The number of nitrogens with zero attached hydrogens (tertiary/aromatic N) is 3. The number of ether oxygens (including phenoxy) is 1. The number of phenolic OH excluding ortho intramolecular Hbond substituents is 1. The van der Waals surface area contributed by atoms with E-state index in [1.807, 2.05) is 25.1 Å². The summed E-state index contributed by atoms with van der Waals surface area (Å²) in [7, 11) is 0. The van der Waals surface area contributed by atoms with Crippen molar-refractivity contribution in [2.45, 2.75) is 26.7 Å². The number of amides is 2. The molecule has 2 N–H and O–H groups in total. The van der Waals surface area contributed by atoms with Crippen molar-refractivity contribution in [3.05, 3.63) is 95.4 Å². The van der Waals surface area contributed by atoms with E-state index in [1.165, 1.54) is 24.3 Å². The summed E-state index contributed by atoms with van der Waals surface area (Å²) >= 11 is 6.46. The fraction of sp³-hybridized carbons (Fsp3) is 0.212. The number of phenols is 1. The van der Waals surface area contributed by atoms with Crippen LogP contribution in [0, 0.1) is 12.8 Å². The zero-order chi connectivity index (χ0) is 30.4. The summed E-state index contributed by atoms with van der Waals surface area (Å²) < 4.78 is 7.50. The van der Waals surface area contributed by atoms with Crippen molar-refractivity contribution in [3.63, 3.8) is 0 Å². The van der Waals surface area contributed by atoms with E-state index >= 15 is 0 Å². The third kappa shape index (κ3) is 5.17. The smallest absolute Gasteiger partial charge is 0.313 e. The van der Waals surface area contributed by atoms with Crippen LogP contribution in [-0.2, 0) is 4.79 Å². The van der Waals surface area contributed by atoms with E-state index in [9.17, 15) is 19.5 Å². The molecule has 2 amide bonds. The maximum absolute atomic E-state index is 14.0. The van der Waals surface area contributed by atoms with Gasteiger partial charge in [0.05, 0.1) is 17.3 Å². The number of pyridine rings is 1. The van der Waals surface area contributed by atoms with E-state index in [1.54, 1.807) is 53.7 Å². The summed E-state index contributed by atoms with van der Waals surface area (Å²) in [4.78, 5) is 45.5. The Kier molecular flexibility index (Phi) is 7.27. The molecule has 3 heterocycles. The largest absolute Gasteiger partial charge is 0.508 e. The van der Waals surface area contributed by atoms with Crippen molar-refractivity contribution in [2.75, 3.05) is 22.6 Å². The van der Waals surface area contributed by atoms with Crippen LogP contribution in [0.5, 0.6) is 11.5 Å². The number of carbonyl (C=O) groups is 3. The lowest BCUT2D eigenvalue weighted by molar-refractivity contribution is -0.137. The first-order valence-electron chi connectivity index (χ1n) is 13.9. The zero-order valence-corrected chi connectivity index (χ0v) is 24.6. The number of carbonyl (C=O) groups excluding carboxylic acids is 3. The molecule has 0 bridgehead atoms. The van der Waals surface area contributed by atoms with Crippen LogP contribution in [0.1, 0.15) is 51.7 Å². The van der Waals surface area contributed by atoms with Crippen molar-refractivity contribution in [2.24, 2.45) is 5.92 Å². The molecular weight excluding hydrogens is 568 g/mol. The molecule has 0 radical (unpaired) electrons. The van der Waals surface area contributed by atoms with E-state index in [-0.39, 0.29) is 41.1 Å². The van der Waals surface area contributed by atoms with Gasteiger partial charge in [-0.3, -0.25) is 14.4 Å². The van der Waals surface area contributed by atoms with Crippen LogP contribution in [0.2, 0.25) is 0 Å². The van der Waals surface area contributed by atoms with E-state index in [2.05, 4.69) is 10.3 Å². The number of anilines is 2. The van der Waals surface area contributed by atoms with Crippen LogP contribution < -0.4 is 15.0 Å². The number of aryl methyl sites for hydroxylation is 1. The molecule has 0 fully saturated rings. The Morgan fingerprint density at radius 3 is 2.58 bits per heavy atom. The van der Waals surface area contributed by atoms with E-state index in [4.69, 9.17) is 16.3 Å². The van der Waals surface area contributed by atoms with E-state index in [0.717, 1.165) is 21.9 Å². The highest BCUT2D eigenvalue weighted by molar-refractivity contribution is 6.19. The van der Waals surface area contributed by atoms with Crippen LogP contribution in [0.4, 0.5) is 11.4 Å². The Bertz CT molecular complexity index is 1910. The second-order valence-corrected chi connectivity index (χ2v) is 11.3. The Labute approximate surface area is 252 Å². The Hall–Kier alpha value is -4.89. The van der Waals surface area contributed by atoms with Crippen molar-refractivity contribution < 1.29 is 24.2 Å². The highest BCUT2D eigenvalue weighted by Crippen LogP contribution is 2.47. The van der Waals surface area contributed by atoms with Gasteiger partial charge < -0.3 is 24.5 Å². The summed E-state index contributed by atoms with van der Waals surface area (Å²) in [6, 6.07) is 16.9. The zero-order valence-electron chi connectivity index (χ0n) is 23.8. The van der Waals surface area contributed by atoms with Gasteiger partial charge in [-0.15, -0.1) is 11.6 Å². The molecule has 1 aliphatic heterocycles. The number of aromatic nitrogens is 2. The molecule has 0 aliphatic carbocycles. The first-order chi connectivity index (χ1) is 20.6. The predicted molar refractivity (Wildman–Crippen MR) is 166 cm³/mol. The lowest BCUT2D eigenvalue weighted by atomic mass is 9.92. The third-order valence-electron chi connectivity index (χ3n) is 7.62. The molecule has 3 aromatic carbocycles.